The van der Waals surface area contributed by atoms with Gasteiger partial charge in [0.05, 0.1) is 10.5 Å². The molecule has 0 aliphatic rings. The molecule has 11 heteroatoms. The minimum atomic E-state index is -4.15. The smallest absolute Gasteiger partial charge is 0.354 e. The summed E-state index contributed by atoms with van der Waals surface area (Å²) in [5.74, 6) is -2.45. The van der Waals surface area contributed by atoms with E-state index in [0.717, 1.165) is 17.8 Å². The second-order valence-electron chi connectivity index (χ2n) is 6.83. The van der Waals surface area contributed by atoms with Crippen molar-refractivity contribution in [2.45, 2.75) is 11.3 Å². The van der Waals surface area contributed by atoms with Crippen LogP contribution in [0.15, 0.2) is 71.8 Å². The molecular weight excluding hydrogens is 470 g/mol. The molecule has 33 heavy (non-hydrogen) atoms. The van der Waals surface area contributed by atoms with Gasteiger partial charge in [0, 0.05) is 23.3 Å². The summed E-state index contributed by atoms with van der Waals surface area (Å²) in [6, 6.07) is 14.6. The third kappa shape index (κ3) is 6.37. The SMILES string of the molecule is O=C(NCCc1ccc(S(=O)(=O)NC(=O)c2ccc(C(=O)O)nc2)cc1)c1ccc(Cl)cc1. The number of benzene rings is 2. The van der Waals surface area contributed by atoms with Gasteiger partial charge in [-0.15, -0.1) is 0 Å². The minimum Gasteiger partial charge on any atom is -0.477 e. The van der Waals surface area contributed by atoms with Crippen molar-refractivity contribution in [1.29, 1.82) is 0 Å². The summed E-state index contributed by atoms with van der Waals surface area (Å²) < 4.78 is 26.9. The van der Waals surface area contributed by atoms with Gasteiger partial charge in [0.1, 0.15) is 5.69 Å². The number of amides is 2. The van der Waals surface area contributed by atoms with Gasteiger partial charge in [-0.25, -0.2) is 22.9 Å². The Bertz CT molecular complexity index is 1280. The molecule has 0 aliphatic carbocycles. The van der Waals surface area contributed by atoms with Crippen molar-refractivity contribution in [3.63, 3.8) is 0 Å². The largest absolute Gasteiger partial charge is 0.477 e. The van der Waals surface area contributed by atoms with Crippen molar-refractivity contribution in [3.8, 4) is 0 Å². The van der Waals surface area contributed by atoms with Gasteiger partial charge in [0.25, 0.3) is 21.8 Å². The summed E-state index contributed by atoms with van der Waals surface area (Å²) in [7, 11) is -4.15. The number of halogens is 1. The van der Waals surface area contributed by atoms with Gasteiger partial charge in [-0.1, -0.05) is 23.7 Å². The van der Waals surface area contributed by atoms with Gasteiger partial charge in [0.2, 0.25) is 0 Å². The van der Waals surface area contributed by atoms with Gasteiger partial charge in [-0.2, -0.15) is 0 Å². The molecule has 1 aromatic heterocycles. The van der Waals surface area contributed by atoms with Gasteiger partial charge < -0.3 is 10.4 Å². The Labute approximate surface area is 194 Å². The summed E-state index contributed by atoms with van der Waals surface area (Å²) in [5.41, 5.74) is 0.889. The third-order valence-electron chi connectivity index (χ3n) is 4.51. The van der Waals surface area contributed by atoms with Crippen LogP contribution in [0.25, 0.3) is 0 Å². The topological polar surface area (TPSA) is 143 Å². The molecule has 1 heterocycles. The quantitative estimate of drug-likeness (QED) is 0.443. The van der Waals surface area contributed by atoms with Crippen LogP contribution in [-0.4, -0.2) is 42.8 Å². The first-order chi connectivity index (χ1) is 15.7. The zero-order chi connectivity index (χ0) is 24.0. The average Bonchev–Trinajstić information content (AvgIpc) is 2.79. The molecule has 170 valence electrons. The lowest BCUT2D eigenvalue weighted by Gasteiger charge is -2.09. The van der Waals surface area contributed by atoms with Crippen LogP contribution in [0.3, 0.4) is 0 Å². The molecule has 9 nitrogen and oxygen atoms in total. The van der Waals surface area contributed by atoms with Crippen molar-refractivity contribution >= 4 is 39.4 Å². The molecule has 0 spiro atoms. The third-order valence-corrected chi connectivity index (χ3v) is 6.11. The Morgan fingerprint density at radius 2 is 1.52 bits per heavy atom. The second kappa shape index (κ2) is 10.2. The fourth-order valence-corrected chi connectivity index (χ4v) is 3.85. The zero-order valence-electron chi connectivity index (χ0n) is 17.0. The van der Waals surface area contributed by atoms with Crippen molar-refractivity contribution in [1.82, 2.24) is 15.0 Å². The van der Waals surface area contributed by atoms with Crippen molar-refractivity contribution in [2.24, 2.45) is 0 Å². The van der Waals surface area contributed by atoms with Crippen molar-refractivity contribution in [2.75, 3.05) is 6.54 Å². The van der Waals surface area contributed by atoms with Crippen LogP contribution in [0.5, 0.6) is 0 Å². The lowest BCUT2D eigenvalue weighted by Crippen LogP contribution is -2.30. The monoisotopic (exact) mass is 487 g/mol. The molecule has 2 amide bonds. The van der Waals surface area contributed by atoms with E-state index in [2.05, 4.69) is 10.3 Å². The van der Waals surface area contributed by atoms with Gasteiger partial charge in [-0.3, -0.25) is 9.59 Å². The van der Waals surface area contributed by atoms with E-state index in [1.54, 1.807) is 36.4 Å². The highest BCUT2D eigenvalue weighted by atomic mass is 35.5. The number of sulfonamides is 1. The van der Waals surface area contributed by atoms with E-state index >= 15 is 0 Å². The Morgan fingerprint density at radius 1 is 0.879 bits per heavy atom. The lowest BCUT2D eigenvalue weighted by atomic mass is 10.1. The summed E-state index contributed by atoms with van der Waals surface area (Å²) in [4.78, 5) is 38.6. The zero-order valence-corrected chi connectivity index (χ0v) is 18.6. The number of carbonyl (C=O) groups excluding carboxylic acids is 2. The van der Waals surface area contributed by atoms with E-state index in [1.807, 2.05) is 4.72 Å². The van der Waals surface area contributed by atoms with Crippen LogP contribution >= 0.6 is 11.6 Å². The molecule has 0 bridgehead atoms. The summed E-state index contributed by atoms with van der Waals surface area (Å²) in [5, 5.41) is 12.1. The molecule has 0 aliphatic heterocycles. The molecule has 3 rings (SSSR count). The number of carboxylic acids is 1. The summed E-state index contributed by atoms with van der Waals surface area (Å²) in [6.45, 7) is 0.337. The van der Waals surface area contributed by atoms with Crippen molar-refractivity contribution in [3.05, 3.63) is 94.3 Å². The van der Waals surface area contributed by atoms with Crippen LogP contribution in [0.4, 0.5) is 0 Å². The highest BCUT2D eigenvalue weighted by Crippen LogP contribution is 2.13. The maximum Gasteiger partial charge on any atom is 0.354 e. The van der Waals surface area contributed by atoms with E-state index in [0.29, 0.717) is 23.6 Å². The number of nitrogens with zero attached hydrogens (tertiary/aromatic N) is 1. The lowest BCUT2D eigenvalue weighted by molar-refractivity contribution is 0.0689. The molecular formula is C22H18ClN3O6S. The molecule has 0 saturated heterocycles. The number of hydrogen-bond donors (Lipinski definition) is 3. The molecule has 0 saturated carbocycles. The molecule has 0 atom stereocenters. The average molecular weight is 488 g/mol. The number of aromatic nitrogens is 1. The van der Waals surface area contributed by atoms with E-state index in [1.165, 1.54) is 18.2 Å². The van der Waals surface area contributed by atoms with Gasteiger partial charge in [-0.05, 0) is 60.5 Å². The fraction of sp³-hybridized carbons (Fsp3) is 0.0909. The summed E-state index contributed by atoms with van der Waals surface area (Å²) >= 11 is 5.80. The Balaban J connectivity index is 1.56. The molecule has 0 radical (unpaired) electrons. The first kappa shape index (κ1) is 23.9. The van der Waals surface area contributed by atoms with Crippen LogP contribution in [0, 0.1) is 0 Å². The van der Waals surface area contributed by atoms with Crippen LogP contribution < -0.4 is 10.0 Å². The first-order valence-electron chi connectivity index (χ1n) is 9.55. The van der Waals surface area contributed by atoms with E-state index in [-0.39, 0.29) is 22.1 Å². The maximum atomic E-state index is 12.5. The maximum absolute atomic E-state index is 12.5. The Hall–Kier alpha value is -3.76. The van der Waals surface area contributed by atoms with E-state index in [9.17, 15) is 22.8 Å². The van der Waals surface area contributed by atoms with Crippen molar-refractivity contribution < 1.29 is 27.9 Å². The Morgan fingerprint density at radius 3 is 2.09 bits per heavy atom. The Kier molecular flexibility index (Phi) is 7.41. The van der Waals surface area contributed by atoms with E-state index in [4.69, 9.17) is 16.7 Å². The van der Waals surface area contributed by atoms with E-state index < -0.39 is 21.9 Å². The molecule has 3 N–H and O–H groups in total. The number of carboxylic acid groups (broad SMARTS) is 1. The number of nitrogens with one attached hydrogen (secondary N) is 2. The predicted molar refractivity (Wildman–Crippen MR) is 120 cm³/mol. The van der Waals surface area contributed by atoms with Gasteiger partial charge in [0.15, 0.2) is 0 Å². The number of rotatable bonds is 8. The predicted octanol–water partition coefficient (Wildman–Crippen LogP) is 2.52. The fourth-order valence-electron chi connectivity index (χ4n) is 2.75. The van der Waals surface area contributed by atoms with Crippen LogP contribution in [0.2, 0.25) is 5.02 Å². The normalized spacial score (nSPS) is 10.9. The van der Waals surface area contributed by atoms with Gasteiger partial charge >= 0.3 is 5.97 Å². The highest BCUT2D eigenvalue weighted by Gasteiger charge is 2.19. The standard InChI is InChI=1S/C22H18ClN3O6S/c23-17-6-3-15(4-7-17)20(27)24-12-11-14-1-8-18(9-2-14)33(31,32)26-21(28)16-5-10-19(22(29)30)25-13-16/h1-10,13H,11-12H2,(H,24,27)(H,26,28)(H,29,30). The number of hydrogen-bond acceptors (Lipinski definition) is 6. The summed E-state index contributed by atoms with van der Waals surface area (Å²) in [6.07, 6.45) is 1.45. The second-order valence-corrected chi connectivity index (χ2v) is 8.95. The minimum absolute atomic E-state index is 0.100. The number of carbonyl (C=O) groups is 3. The van der Waals surface area contributed by atoms with Crippen LogP contribution in [-0.2, 0) is 16.4 Å². The molecule has 0 unspecified atom stereocenters. The first-order valence-corrected chi connectivity index (χ1v) is 11.4. The van der Waals surface area contributed by atoms with Crippen LogP contribution in [0.1, 0.15) is 36.8 Å². The number of pyridine rings is 1. The molecule has 2 aromatic carbocycles. The molecule has 0 fully saturated rings. The highest BCUT2D eigenvalue weighted by molar-refractivity contribution is 7.90. The number of aromatic carboxylic acids is 1. The molecule has 3 aromatic rings.